The van der Waals surface area contributed by atoms with Crippen molar-refractivity contribution >= 4 is 23.2 Å². The molecule has 0 aliphatic heterocycles. The summed E-state index contributed by atoms with van der Waals surface area (Å²) in [6.07, 6.45) is 0. The molecule has 0 spiro atoms. The van der Waals surface area contributed by atoms with E-state index in [2.05, 4.69) is 5.32 Å². The molecule has 0 aliphatic carbocycles. The van der Waals surface area contributed by atoms with Crippen molar-refractivity contribution in [2.45, 2.75) is 20.4 Å². The van der Waals surface area contributed by atoms with Gasteiger partial charge in [0.2, 0.25) is 0 Å². The zero-order valence-corrected chi connectivity index (χ0v) is 11.9. The Balaban J connectivity index is 2.70. The summed E-state index contributed by atoms with van der Waals surface area (Å²) in [5.74, 6) is -0.493. The van der Waals surface area contributed by atoms with E-state index in [0.717, 1.165) is 5.56 Å². The van der Waals surface area contributed by atoms with Gasteiger partial charge in [0.25, 0.3) is 0 Å². The molecule has 1 aromatic carbocycles. The van der Waals surface area contributed by atoms with Gasteiger partial charge in [-0.15, -0.1) is 0 Å². The Morgan fingerprint density at radius 3 is 2.53 bits per heavy atom. The molecule has 0 amide bonds. The number of ether oxygens (including phenoxy) is 1. The van der Waals surface area contributed by atoms with Crippen LogP contribution in [0.3, 0.4) is 0 Å². The van der Waals surface area contributed by atoms with Gasteiger partial charge < -0.3 is 15.8 Å². The highest BCUT2D eigenvalue weighted by Gasteiger charge is 2.18. The summed E-state index contributed by atoms with van der Waals surface area (Å²) in [4.78, 5) is 12.1. The van der Waals surface area contributed by atoms with Crippen molar-refractivity contribution in [1.82, 2.24) is 5.32 Å². The van der Waals surface area contributed by atoms with E-state index in [1.54, 1.807) is 13.8 Å². The molecule has 102 valence electrons. The predicted molar refractivity (Wildman–Crippen MR) is 79.4 cm³/mol. The summed E-state index contributed by atoms with van der Waals surface area (Å²) in [6, 6.07) is 9.76. The molecule has 0 bridgehead atoms. The number of nitrogens with one attached hydrogen (secondary N) is 1. The van der Waals surface area contributed by atoms with Crippen LogP contribution in [0.15, 0.2) is 41.6 Å². The topological polar surface area (TPSA) is 64.3 Å². The van der Waals surface area contributed by atoms with Crippen LogP contribution >= 0.6 is 12.2 Å². The van der Waals surface area contributed by atoms with Crippen molar-refractivity contribution in [2.75, 3.05) is 6.61 Å². The van der Waals surface area contributed by atoms with Crippen molar-refractivity contribution in [3.8, 4) is 0 Å². The van der Waals surface area contributed by atoms with Crippen LogP contribution < -0.4 is 11.1 Å². The first kappa shape index (κ1) is 15.2. The van der Waals surface area contributed by atoms with Crippen LogP contribution in [0.25, 0.3) is 0 Å². The maximum absolute atomic E-state index is 11.7. The van der Waals surface area contributed by atoms with Gasteiger partial charge in [0, 0.05) is 12.2 Å². The van der Waals surface area contributed by atoms with Gasteiger partial charge in [0.1, 0.15) is 10.6 Å². The van der Waals surface area contributed by atoms with Crippen LogP contribution in [0.5, 0.6) is 0 Å². The van der Waals surface area contributed by atoms with Crippen LogP contribution in [-0.2, 0) is 16.1 Å². The molecule has 0 saturated heterocycles. The predicted octanol–water partition coefficient (Wildman–Crippen LogP) is 1.90. The molecule has 0 fully saturated rings. The van der Waals surface area contributed by atoms with E-state index in [-0.39, 0.29) is 12.2 Å². The summed E-state index contributed by atoms with van der Waals surface area (Å²) in [5, 5.41) is 3.01. The molecule has 19 heavy (non-hydrogen) atoms. The quantitative estimate of drug-likeness (QED) is 0.489. The van der Waals surface area contributed by atoms with Gasteiger partial charge >= 0.3 is 5.97 Å². The van der Waals surface area contributed by atoms with Crippen LogP contribution in [0.1, 0.15) is 19.4 Å². The fraction of sp³-hybridized carbons (Fsp3) is 0.286. The molecule has 4 nitrogen and oxygen atoms in total. The van der Waals surface area contributed by atoms with Crippen molar-refractivity contribution < 1.29 is 9.53 Å². The zero-order valence-electron chi connectivity index (χ0n) is 11.1. The molecule has 0 aliphatic rings. The molecule has 0 atom stereocenters. The minimum atomic E-state index is -0.493. The number of hydrogen-bond donors (Lipinski definition) is 2. The molecule has 1 rings (SSSR count). The number of nitrogens with two attached hydrogens (primary N) is 1. The van der Waals surface area contributed by atoms with Gasteiger partial charge in [0.05, 0.1) is 6.61 Å². The first-order chi connectivity index (χ1) is 9.06. The summed E-state index contributed by atoms with van der Waals surface area (Å²) >= 11 is 5.19. The fourth-order valence-electron chi connectivity index (χ4n) is 1.50. The number of allylic oxidation sites excluding steroid dienone is 1. The second-order valence-corrected chi connectivity index (χ2v) is 4.36. The number of rotatable bonds is 5. The molecular formula is C14H18N2O2S. The van der Waals surface area contributed by atoms with Crippen LogP contribution in [-0.4, -0.2) is 17.6 Å². The molecule has 0 heterocycles. The minimum absolute atomic E-state index is 0.229. The van der Waals surface area contributed by atoms with E-state index < -0.39 is 5.97 Å². The Morgan fingerprint density at radius 1 is 1.37 bits per heavy atom. The van der Waals surface area contributed by atoms with Gasteiger partial charge in [0.15, 0.2) is 0 Å². The molecule has 3 N–H and O–H groups in total. The third-order valence-electron chi connectivity index (χ3n) is 2.40. The lowest BCUT2D eigenvalue weighted by Gasteiger charge is -2.12. The molecule has 1 aromatic rings. The number of hydrogen-bond acceptors (Lipinski definition) is 4. The number of benzene rings is 1. The third-order valence-corrected chi connectivity index (χ3v) is 2.75. The lowest BCUT2D eigenvalue weighted by molar-refractivity contribution is -0.137. The SMILES string of the molecule is CCOC(=O)/C(C(=S)NCc1ccccc1)=C(\C)N. The molecule has 5 heteroatoms. The Labute approximate surface area is 118 Å². The standard InChI is InChI=1S/C14H18N2O2S/c1-3-18-14(17)12(10(2)15)13(19)16-9-11-7-5-4-6-8-11/h4-8H,3,9,15H2,1-2H3,(H,16,19)/b12-10+. The fourth-order valence-corrected chi connectivity index (χ4v) is 1.82. The summed E-state index contributed by atoms with van der Waals surface area (Å²) in [7, 11) is 0. The molecule has 0 saturated carbocycles. The van der Waals surface area contributed by atoms with E-state index in [4.69, 9.17) is 22.7 Å². The van der Waals surface area contributed by atoms with Gasteiger partial charge in [-0.25, -0.2) is 4.79 Å². The smallest absolute Gasteiger partial charge is 0.342 e. The Hall–Kier alpha value is -1.88. The van der Waals surface area contributed by atoms with Crippen molar-refractivity contribution in [2.24, 2.45) is 5.73 Å². The third kappa shape index (κ3) is 4.71. The molecule has 0 unspecified atom stereocenters. The monoisotopic (exact) mass is 278 g/mol. The normalized spacial score (nSPS) is 11.5. The second-order valence-electron chi connectivity index (χ2n) is 3.95. The second kappa shape index (κ2) is 7.53. The van der Waals surface area contributed by atoms with E-state index in [1.807, 2.05) is 30.3 Å². The van der Waals surface area contributed by atoms with Crippen molar-refractivity contribution in [3.63, 3.8) is 0 Å². The largest absolute Gasteiger partial charge is 0.462 e. The highest BCUT2D eigenvalue weighted by molar-refractivity contribution is 7.80. The average Bonchev–Trinajstić information content (AvgIpc) is 2.37. The number of carbonyl (C=O) groups is 1. The minimum Gasteiger partial charge on any atom is -0.462 e. The van der Waals surface area contributed by atoms with Crippen molar-refractivity contribution in [3.05, 3.63) is 47.2 Å². The first-order valence-electron chi connectivity index (χ1n) is 6.01. The Morgan fingerprint density at radius 2 is 2.00 bits per heavy atom. The maximum Gasteiger partial charge on any atom is 0.342 e. The molecular weight excluding hydrogens is 260 g/mol. The molecule has 0 radical (unpaired) electrons. The highest BCUT2D eigenvalue weighted by atomic mass is 32.1. The van der Waals surface area contributed by atoms with E-state index in [0.29, 0.717) is 17.2 Å². The van der Waals surface area contributed by atoms with Gasteiger partial charge in [-0.1, -0.05) is 42.5 Å². The zero-order chi connectivity index (χ0) is 14.3. The van der Waals surface area contributed by atoms with Crippen LogP contribution in [0.4, 0.5) is 0 Å². The molecule has 0 aromatic heterocycles. The first-order valence-corrected chi connectivity index (χ1v) is 6.42. The number of thiocarbonyl (C=S) groups is 1. The van der Waals surface area contributed by atoms with Gasteiger partial charge in [-0.3, -0.25) is 0 Å². The number of carbonyl (C=O) groups excluding carboxylic acids is 1. The Kier molecular flexibility index (Phi) is 6.02. The summed E-state index contributed by atoms with van der Waals surface area (Å²) in [5.41, 5.74) is 7.34. The van der Waals surface area contributed by atoms with E-state index >= 15 is 0 Å². The lowest BCUT2D eigenvalue weighted by atomic mass is 10.2. The number of esters is 1. The van der Waals surface area contributed by atoms with Crippen LogP contribution in [0.2, 0.25) is 0 Å². The lowest BCUT2D eigenvalue weighted by Crippen LogP contribution is -2.29. The van der Waals surface area contributed by atoms with Gasteiger partial charge in [-0.2, -0.15) is 0 Å². The summed E-state index contributed by atoms with van der Waals surface area (Å²) < 4.78 is 4.93. The van der Waals surface area contributed by atoms with Crippen LogP contribution in [0, 0.1) is 0 Å². The average molecular weight is 278 g/mol. The highest BCUT2D eigenvalue weighted by Crippen LogP contribution is 2.06. The van der Waals surface area contributed by atoms with Crippen molar-refractivity contribution in [1.29, 1.82) is 0 Å². The maximum atomic E-state index is 11.7. The van der Waals surface area contributed by atoms with E-state index in [9.17, 15) is 4.79 Å². The Bertz CT molecular complexity index is 479. The summed E-state index contributed by atoms with van der Waals surface area (Å²) in [6.45, 7) is 4.19. The van der Waals surface area contributed by atoms with E-state index in [1.165, 1.54) is 0 Å². The van der Waals surface area contributed by atoms with Gasteiger partial charge in [-0.05, 0) is 19.4 Å².